The molecular formula is C12H20ClN3. The van der Waals surface area contributed by atoms with Crippen LogP contribution >= 0.6 is 11.6 Å². The topological polar surface area (TPSA) is 50.9 Å². The molecule has 0 aromatic carbocycles. The van der Waals surface area contributed by atoms with Gasteiger partial charge in [0.15, 0.2) is 0 Å². The van der Waals surface area contributed by atoms with Crippen molar-refractivity contribution in [3.05, 3.63) is 23.4 Å². The molecule has 0 saturated carbocycles. The second-order valence-corrected chi connectivity index (χ2v) is 4.56. The van der Waals surface area contributed by atoms with Crippen LogP contribution in [0.3, 0.4) is 0 Å². The van der Waals surface area contributed by atoms with Gasteiger partial charge < -0.3 is 11.1 Å². The molecule has 0 saturated heterocycles. The summed E-state index contributed by atoms with van der Waals surface area (Å²) in [4.78, 5) is 4.20. The molecule has 0 unspecified atom stereocenters. The van der Waals surface area contributed by atoms with Crippen LogP contribution in [0.4, 0.5) is 5.82 Å². The number of halogens is 1. The number of nitrogens with zero attached hydrogens (tertiary/aromatic N) is 1. The highest BCUT2D eigenvalue weighted by molar-refractivity contribution is 6.30. The first kappa shape index (κ1) is 13.3. The highest BCUT2D eigenvalue weighted by Gasteiger charge is 2.23. The second kappa shape index (κ2) is 6.06. The Balaban J connectivity index is 2.58. The molecule has 0 spiro atoms. The summed E-state index contributed by atoms with van der Waals surface area (Å²) in [5.41, 5.74) is 6.00. The van der Waals surface area contributed by atoms with Gasteiger partial charge in [-0.2, -0.15) is 0 Å². The number of anilines is 1. The minimum absolute atomic E-state index is 0.168. The van der Waals surface area contributed by atoms with E-state index < -0.39 is 0 Å². The molecule has 1 aromatic heterocycles. The van der Waals surface area contributed by atoms with E-state index in [9.17, 15) is 0 Å². The van der Waals surface area contributed by atoms with Crippen LogP contribution in [0.25, 0.3) is 0 Å². The summed E-state index contributed by atoms with van der Waals surface area (Å²) in [6.45, 7) is 5.90. The van der Waals surface area contributed by atoms with E-state index >= 15 is 0 Å². The maximum absolute atomic E-state index is 5.84. The molecule has 0 aliphatic carbocycles. The predicted molar refractivity (Wildman–Crippen MR) is 69.8 cm³/mol. The van der Waals surface area contributed by atoms with Gasteiger partial charge in [-0.25, -0.2) is 4.98 Å². The average Bonchev–Trinajstić information content (AvgIpc) is 2.34. The Morgan fingerprint density at radius 3 is 2.50 bits per heavy atom. The average molecular weight is 242 g/mol. The van der Waals surface area contributed by atoms with E-state index in [1.54, 1.807) is 6.20 Å². The summed E-state index contributed by atoms with van der Waals surface area (Å²) in [6.07, 6.45) is 3.78. The lowest BCUT2D eigenvalue weighted by Gasteiger charge is -2.30. The molecule has 3 N–H and O–H groups in total. The van der Waals surface area contributed by atoms with Crippen molar-refractivity contribution in [3.8, 4) is 0 Å². The summed E-state index contributed by atoms with van der Waals surface area (Å²) < 4.78 is 0. The third-order valence-corrected chi connectivity index (χ3v) is 3.53. The molecule has 0 amide bonds. The number of pyridine rings is 1. The van der Waals surface area contributed by atoms with Crippen LogP contribution in [0.1, 0.15) is 26.7 Å². The fourth-order valence-electron chi connectivity index (χ4n) is 1.62. The van der Waals surface area contributed by atoms with Crippen LogP contribution in [0, 0.1) is 5.41 Å². The Morgan fingerprint density at radius 1 is 1.38 bits per heavy atom. The zero-order chi connectivity index (χ0) is 12.0. The fraction of sp³-hybridized carbons (Fsp3) is 0.583. The number of aromatic nitrogens is 1. The monoisotopic (exact) mass is 241 g/mol. The second-order valence-electron chi connectivity index (χ2n) is 4.13. The first-order valence-corrected chi connectivity index (χ1v) is 6.09. The zero-order valence-corrected chi connectivity index (χ0v) is 10.7. The summed E-state index contributed by atoms with van der Waals surface area (Å²) >= 11 is 5.77. The largest absolute Gasteiger partial charge is 0.369 e. The Hall–Kier alpha value is -0.800. The van der Waals surface area contributed by atoms with Gasteiger partial charge in [0.2, 0.25) is 0 Å². The molecule has 0 fully saturated rings. The third-order valence-electron chi connectivity index (χ3n) is 3.30. The van der Waals surface area contributed by atoms with Crippen molar-refractivity contribution >= 4 is 17.4 Å². The molecule has 1 rings (SSSR count). The minimum atomic E-state index is 0.168. The van der Waals surface area contributed by atoms with Crippen LogP contribution in [0.2, 0.25) is 5.02 Å². The van der Waals surface area contributed by atoms with Crippen molar-refractivity contribution in [3.63, 3.8) is 0 Å². The summed E-state index contributed by atoms with van der Waals surface area (Å²) in [5, 5.41) is 3.97. The van der Waals surface area contributed by atoms with E-state index in [1.165, 1.54) is 0 Å². The van der Waals surface area contributed by atoms with Crippen molar-refractivity contribution in [1.29, 1.82) is 0 Å². The van der Waals surface area contributed by atoms with Crippen LogP contribution in [-0.4, -0.2) is 18.1 Å². The lowest BCUT2D eigenvalue weighted by Crippen LogP contribution is -2.36. The lowest BCUT2D eigenvalue weighted by atomic mass is 9.82. The van der Waals surface area contributed by atoms with E-state index in [2.05, 4.69) is 24.1 Å². The Morgan fingerprint density at radius 2 is 2.06 bits per heavy atom. The molecule has 3 nitrogen and oxygen atoms in total. The molecule has 0 bridgehead atoms. The fourth-order valence-corrected chi connectivity index (χ4v) is 1.73. The summed E-state index contributed by atoms with van der Waals surface area (Å²) in [5.74, 6) is 0.851. The molecule has 0 aliphatic rings. The molecule has 16 heavy (non-hydrogen) atoms. The molecular weight excluding hydrogens is 222 g/mol. The summed E-state index contributed by atoms with van der Waals surface area (Å²) in [7, 11) is 0. The van der Waals surface area contributed by atoms with E-state index in [4.69, 9.17) is 17.3 Å². The first-order valence-electron chi connectivity index (χ1n) is 5.71. The van der Waals surface area contributed by atoms with Crippen LogP contribution in [0.5, 0.6) is 0 Å². The van der Waals surface area contributed by atoms with E-state index in [0.717, 1.165) is 25.2 Å². The molecule has 0 atom stereocenters. The van der Waals surface area contributed by atoms with Gasteiger partial charge >= 0.3 is 0 Å². The van der Waals surface area contributed by atoms with Crippen LogP contribution < -0.4 is 11.1 Å². The van der Waals surface area contributed by atoms with Crippen molar-refractivity contribution in [1.82, 2.24) is 4.98 Å². The Bertz CT molecular complexity index is 298. The predicted octanol–water partition coefficient (Wildman–Crippen LogP) is 2.91. The number of hydrogen-bond donors (Lipinski definition) is 2. The van der Waals surface area contributed by atoms with Gasteiger partial charge in [-0.05, 0) is 36.9 Å². The van der Waals surface area contributed by atoms with Gasteiger partial charge in [-0.15, -0.1) is 0 Å². The maximum atomic E-state index is 5.84. The van der Waals surface area contributed by atoms with E-state index in [0.29, 0.717) is 11.6 Å². The van der Waals surface area contributed by atoms with Gasteiger partial charge in [0.05, 0.1) is 5.02 Å². The van der Waals surface area contributed by atoms with Gasteiger partial charge in [0.1, 0.15) is 5.82 Å². The van der Waals surface area contributed by atoms with Crippen molar-refractivity contribution in [2.45, 2.75) is 26.7 Å². The number of hydrogen-bond acceptors (Lipinski definition) is 3. The SMILES string of the molecule is CCC(CC)(CN)CNc1ccc(Cl)cn1. The van der Waals surface area contributed by atoms with Gasteiger partial charge in [0.25, 0.3) is 0 Å². The van der Waals surface area contributed by atoms with Crippen LogP contribution in [0.15, 0.2) is 18.3 Å². The highest BCUT2D eigenvalue weighted by atomic mass is 35.5. The molecule has 0 aliphatic heterocycles. The molecule has 1 heterocycles. The first-order chi connectivity index (χ1) is 7.65. The maximum Gasteiger partial charge on any atom is 0.126 e. The van der Waals surface area contributed by atoms with E-state index in [1.807, 2.05) is 12.1 Å². The highest BCUT2D eigenvalue weighted by Crippen LogP contribution is 2.25. The zero-order valence-electron chi connectivity index (χ0n) is 9.96. The minimum Gasteiger partial charge on any atom is -0.369 e. The van der Waals surface area contributed by atoms with Crippen LogP contribution in [-0.2, 0) is 0 Å². The van der Waals surface area contributed by atoms with Gasteiger partial charge in [0, 0.05) is 12.7 Å². The van der Waals surface area contributed by atoms with E-state index in [-0.39, 0.29) is 5.41 Å². The van der Waals surface area contributed by atoms with Crippen molar-refractivity contribution in [2.24, 2.45) is 11.1 Å². The number of nitrogens with one attached hydrogen (secondary N) is 1. The smallest absolute Gasteiger partial charge is 0.126 e. The van der Waals surface area contributed by atoms with Gasteiger partial charge in [-0.3, -0.25) is 0 Å². The van der Waals surface area contributed by atoms with Crippen molar-refractivity contribution in [2.75, 3.05) is 18.4 Å². The normalized spacial score (nSPS) is 11.5. The third kappa shape index (κ3) is 3.35. The quantitative estimate of drug-likeness (QED) is 0.805. The Labute approximate surface area is 102 Å². The summed E-state index contributed by atoms with van der Waals surface area (Å²) in [6, 6.07) is 3.72. The molecule has 1 aromatic rings. The molecule has 0 radical (unpaired) electrons. The number of nitrogens with two attached hydrogens (primary N) is 1. The van der Waals surface area contributed by atoms with Gasteiger partial charge in [-0.1, -0.05) is 25.4 Å². The standard InChI is InChI=1S/C12H20ClN3/c1-3-12(4-2,8-14)9-16-11-6-5-10(13)7-15-11/h5-7H,3-4,8-9,14H2,1-2H3,(H,15,16). The van der Waals surface area contributed by atoms with Crippen molar-refractivity contribution < 1.29 is 0 Å². The number of rotatable bonds is 6. The lowest BCUT2D eigenvalue weighted by molar-refractivity contribution is 0.294. The molecule has 4 heteroatoms. The molecule has 90 valence electrons. The Kier molecular flexibility index (Phi) is 5.03.